The van der Waals surface area contributed by atoms with Crippen molar-refractivity contribution in [1.82, 2.24) is 5.32 Å². The maximum absolute atomic E-state index is 12.6. The number of carbonyl (C=O) groups is 1. The van der Waals surface area contributed by atoms with Gasteiger partial charge in [0.2, 0.25) is 0 Å². The maximum atomic E-state index is 12.6. The summed E-state index contributed by atoms with van der Waals surface area (Å²) in [5.41, 5.74) is 2.76. The molecule has 3 aromatic rings. The Morgan fingerprint density at radius 3 is 2.70 bits per heavy atom. The van der Waals surface area contributed by atoms with Crippen LogP contribution in [-0.2, 0) is 0 Å². The van der Waals surface area contributed by atoms with Gasteiger partial charge in [0.05, 0.1) is 19.8 Å². The first kappa shape index (κ1) is 18.8. The summed E-state index contributed by atoms with van der Waals surface area (Å²) in [4.78, 5) is 12.6. The van der Waals surface area contributed by atoms with E-state index in [-0.39, 0.29) is 11.9 Å². The number of hydrogen-bond acceptors (Lipinski definition) is 4. The van der Waals surface area contributed by atoms with Crippen LogP contribution in [0, 0.1) is 6.92 Å². The molecule has 0 aliphatic carbocycles. The number of hydrogen-bond donors (Lipinski definition) is 1. The first-order valence-electron chi connectivity index (χ1n) is 9.13. The fraction of sp³-hybridized carbons (Fsp3) is 0.318. The highest BCUT2D eigenvalue weighted by molar-refractivity contribution is 5.96. The molecule has 0 saturated carbocycles. The summed E-state index contributed by atoms with van der Waals surface area (Å²) in [7, 11) is 1.61. The second-order valence-electron chi connectivity index (χ2n) is 6.61. The van der Waals surface area contributed by atoms with Crippen molar-refractivity contribution in [2.24, 2.45) is 0 Å². The predicted molar refractivity (Wildman–Crippen MR) is 106 cm³/mol. The Bertz CT molecular complexity index is 945. The number of benzene rings is 2. The van der Waals surface area contributed by atoms with Gasteiger partial charge in [-0.05, 0) is 56.2 Å². The van der Waals surface area contributed by atoms with Gasteiger partial charge in [-0.25, -0.2) is 0 Å². The third-order valence-electron chi connectivity index (χ3n) is 4.39. The van der Waals surface area contributed by atoms with E-state index in [1.165, 1.54) is 0 Å². The van der Waals surface area contributed by atoms with Crippen molar-refractivity contribution in [3.05, 3.63) is 59.4 Å². The quantitative estimate of drug-likeness (QED) is 0.636. The zero-order valence-electron chi connectivity index (χ0n) is 16.2. The van der Waals surface area contributed by atoms with Gasteiger partial charge in [0, 0.05) is 5.39 Å². The molecule has 1 aromatic heterocycles. The topological polar surface area (TPSA) is 60.7 Å². The molecule has 1 N–H and O–H groups in total. The van der Waals surface area contributed by atoms with Gasteiger partial charge in [-0.15, -0.1) is 0 Å². The molecule has 1 unspecified atom stereocenters. The Labute approximate surface area is 159 Å². The van der Waals surface area contributed by atoms with Gasteiger partial charge >= 0.3 is 0 Å². The predicted octanol–water partition coefficient (Wildman–Crippen LogP) is 5.03. The highest BCUT2D eigenvalue weighted by atomic mass is 16.5. The monoisotopic (exact) mass is 367 g/mol. The molecule has 0 radical (unpaired) electrons. The standard InChI is InChI=1S/C22H25NO4/c1-5-10-26-19-9-7-16(12-20(19)25-4)15(3)23-22(24)21-13-17-11-14(2)6-8-18(17)27-21/h6-9,11-13,15H,5,10H2,1-4H3,(H,23,24). The molecule has 0 saturated heterocycles. The summed E-state index contributed by atoms with van der Waals surface area (Å²) in [6.45, 7) is 6.62. The van der Waals surface area contributed by atoms with Crippen LogP contribution in [0.4, 0.5) is 0 Å². The highest BCUT2D eigenvalue weighted by Crippen LogP contribution is 2.30. The van der Waals surface area contributed by atoms with E-state index in [0.29, 0.717) is 29.4 Å². The molecule has 5 nitrogen and oxygen atoms in total. The molecule has 5 heteroatoms. The second kappa shape index (κ2) is 8.16. The number of furan rings is 1. The third kappa shape index (κ3) is 4.25. The van der Waals surface area contributed by atoms with E-state index in [0.717, 1.165) is 22.9 Å². The fourth-order valence-electron chi connectivity index (χ4n) is 2.91. The van der Waals surface area contributed by atoms with Crippen LogP contribution in [0.2, 0.25) is 0 Å². The van der Waals surface area contributed by atoms with Crippen LogP contribution in [0.15, 0.2) is 46.9 Å². The molecule has 3 rings (SSSR count). The number of aryl methyl sites for hydroxylation is 1. The van der Waals surface area contributed by atoms with Gasteiger partial charge in [-0.2, -0.15) is 0 Å². The van der Waals surface area contributed by atoms with Crippen LogP contribution in [-0.4, -0.2) is 19.6 Å². The van der Waals surface area contributed by atoms with Crippen LogP contribution in [0.3, 0.4) is 0 Å². The molecule has 0 spiro atoms. The fourth-order valence-corrected chi connectivity index (χ4v) is 2.91. The van der Waals surface area contributed by atoms with Gasteiger partial charge in [-0.1, -0.05) is 24.6 Å². The minimum absolute atomic E-state index is 0.207. The Hall–Kier alpha value is -2.95. The number of ether oxygens (including phenoxy) is 2. The molecular weight excluding hydrogens is 342 g/mol. The molecule has 27 heavy (non-hydrogen) atoms. The summed E-state index contributed by atoms with van der Waals surface area (Å²) in [5.74, 6) is 1.41. The normalized spacial score (nSPS) is 12.0. The van der Waals surface area contributed by atoms with Crippen LogP contribution in [0.25, 0.3) is 11.0 Å². The van der Waals surface area contributed by atoms with E-state index in [1.54, 1.807) is 13.2 Å². The van der Waals surface area contributed by atoms with Crippen LogP contribution in [0.5, 0.6) is 11.5 Å². The SMILES string of the molecule is CCCOc1ccc(C(C)NC(=O)c2cc3cc(C)ccc3o2)cc1OC. The minimum atomic E-state index is -0.248. The number of amides is 1. The molecule has 1 heterocycles. The Balaban J connectivity index is 1.75. The number of fused-ring (bicyclic) bond motifs is 1. The van der Waals surface area contributed by atoms with Crippen molar-refractivity contribution in [3.8, 4) is 11.5 Å². The number of nitrogens with one attached hydrogen (secondary N) is 1. The molecule has 0 fully saturated rings. The highest BCUT2D eigenvalue weighted by Gasteiger charge is 2.17. The van der Waals surface area contributed by atoms with Crippen molar-refractivity contribution in [3.63, 3.8) is 0 Å². The summed E-state index contributed by atoms with van der Waals surface area (Å²) in [5, 5.41) is 3.90. The van der Waals surface area contributed by atoms with E-state index in [4.69, 9.17) is 13.9 Å². The minimum Gasteiger partial charge on any atom is -0.493 e. The third-order valence-corrected chi connectivity index (χ3v) is 4.39. The van der Waals surface area contributed by atoms with Crippen molar-refractivity contribution in [1.29, 1.82) is 0 Å². The second-order valence-corrected chi connectivity index (χ2v) is 6.61. The van der Waals surface area contributed by atoms with E-state index < -0.39 is 0 Å². The van der Waals surface area contributed by atoms with Gasteiger partial charge in [-0.3, -0.25) is 4.79 Å². The molecule has 1 amide bonds. The summed E-state index contributed by atoms with van der Waals surface area (Å²) >= 11 is 0. The molecule has 1 atom stereocenters. The Morgan fingerprint density at radius 1 is 1.15 bits per heavy atom. The van der Waals surface area contributed by atoms with Crippen molar-refractivity contribution >= 4 is 16.9 Å². The van der Waals surface area contributed by atoms with Gasteiger partial charge in [0.1, 0.15) is 5.58 Å². The molecule has 0 aliphatic heterocycles. The van der Waals surface area contributed by atoms with E-state index in [9.17, 15) is 4.79 Å². The van der Waals surface area contributed by atoms with E-state index in [1.807, 2.05) is 50.2 Å². The average Bonchev–Trinajstić information content (AvgIpc) is 3.09. The maximum Gasteiger partial charge on any atom is 0.287 e. The van der Waals surface area contributed by atoms with E-state index >= 15 is 0 Å². The summed E-state index contributed by atoms with van der Waals surface area (Å²) in [6.07, 6.45) is 0.925. The smallest absolute Gasteiger partial charge is 0.287 e. The van der Waals surface area contributed by atoms with E-state index in [2.05, 4.69) is 12.2 Å². The first-order valence-corrected chi connectivity index (χ1v) is 9.13. The Kier molecular flexibility index (Phi) is 5.69. The molecule has 2 aromatic carbocycles. The summed E-state index contributed by atoms with van der Waals surface area (Å²) in [6, 6.07) is 13.1. The number of carbonyl (C=O) groups excluding carboxylic acids is 1. The van der Waals surface area contributed by atoms with Crippen LogP contribution >= 0.6 is 0 Å². The first-order chi connectivity index (χ1) is 13.0. The molecular formula is C22H25NO4. The molecule has 0 bridgehead atoms. The van der Waals surface area contributed by atoms with Crippen molar-refractivity contribution in [2.75, 3.05) is 13.7 Å². The van der Waals surface area contributed by atoms with Gasteiger partial charge in [0.25, 0.3) is 5.91 Å². The zero-order chi connectivity index (χ0) is 19.4. The number of methoxy groups -OCH3 is 1. The zero-order valence-corrected chi connectivity index (χ0v) is 16.2. The van der Waals surface area contributed by atoms with Crippen LogP contribution in [0.1, 0.15) is 48.0 Å². The number of rotatable bonds is 7. The van der Waals surface area contributed by atoms with Crippen molar-refractivity contribution < 1.29 is 18.7 Å². The van der Waals surface area contributed by atoms with Gasteiger partial charge in [0.15, 0.2) is 17.3 Å². The lowest BCUT2D eigenvalue weighted by molar-refractivity contribution is 0.0914. The van der Waals surface area contributed by atoms with Crippen molar-refractivity contribution in [2.45, 2.75) is 33.2 Å². The summed E-state index contributed by atoms with van der Waals surface area (Å²) < 4.78 is 16.8. The average molecular weight is 367 g/mol. The van der Waals surface area contributed by atoms with Gasteiger partial charge < -0.3 is 19.2 Å². The Morgan fingerprint density at radius 2 is 1.96 bits per heavy atom. The molecule has 0 aliphatic rings. The largest absolute Gasteiger partial charge is 0.493 e. The lowest BCUT2D eigenvalue weighted by Gasteiger charge is -2.16. The van der Waals surface area contributed by atoms with Crippen LogP contribution < -0.4 is 14.8 Å². The molecule has 142 valence electrons. The lowest BCUT2D eigenvalue weighted by Crippen LogP contribution is -2.26. The lowest BCUT2D eigenvalue weighted by atomic mass is 10.1.